The first kappa shape index (κ1) is 6.66. The standard InChI is InChI=1S/C11H8N2/c1-2-9-10(12-6-1)4-3-8-5-7-13-11(8)9/h1-7,12H. The van der Waals surface area contributed by atoms with Crippen LogP contribution in [0.2, 0.25) is 0 Å². The van der Waals surface area contributed by atoms with Crippen LogP contribution in [0.15, 0.2) is 42.7 Å². The second-order valence-electron chi connectivity index (χ2n) is 3.08. The lowest BCUT2D eigenvalue weighted by molar-refractivity contribution is 1.41. The maximum Gasteiger partial charge on any atom is 0.0795 e. The lowest BCUT2D eigenvalue weighted by atomic mass is 10.1. The van der Waals surface area contributed by atoms with Crippen molar-refractivity contribution in [3.8, 4) is 0 Å². The van der Waals surface area contributed by atoms with E-state index in [4.69, 9.17) is 0 Å². The molecule has 13 heavy (non-hydrogen) atoms. The second-order valence-corrected chi connectivity index (χ2v) is 3.08. The van der Waals surface area contributed by atoms with Crippen LogP contribution < -0.4 is 0 Å². The number of pyridine rings is 1. The topological polar surface area (TPSA) is 28.7 Å². The van der Waals surface area contributed by atoms with Crippen molar-refractivity contribution in [3.63, 3.8) is 0 Å². The minimum absolute atomic E-state index is 1.08. The molecule has 0 atom stereocenters. The Morgan fingerprint density at radius 1 is 1.08 bits per heavy atom. The summed E-state index contributed by atoms with van der Waals surface area (Å²) in [6, 6.07) is 10.3. The van der Waals surface area contributed by atoms with Crippen LogP contribution in [0.1, 0.15) is 0 Å². The number of H-pyrrole nitrogens is 1. The van der Waals surface area contributed by atoms with Crippen molar-refractivity contribution in [2.45, 2.75) is 0 Å². The van der Waals surface area contributed by atoms with Crippen molar-refractivity contribution in [2.75, 3.05) is 0 Å². The molecule has 0 saturated carbocycles. The lowest BCUT2D eigenvalue weighted by Gasteiger charge is -1.97. The maximum absolute atomic E-state index is 4.33. The highest BCUT2D eigenvalue weighted by molar-refractivity contribution is 6.03. The zero-order valence-corrected chi connectivity index (χ0v) is 6.99. The van der Waals surface area contributed by atoms with E-state index in [-0.39, 0.29) is 0 Å². The Bertz CT molecular complexity index is 566. The molecule has 0 saturated heterocycles. The summed E-state index contributed by atoms with van der Waals surface area (Å²) in [7, 11) is 0. The first-order valence-corrected chi connectivity index (χ1v) is 4.26. The number of benzene rings is 1. The fraction of sp³-hybridized carbons (Fsp3) is 0. The van der Waals surface area contributed by atoms with Gasteiger partial charge in [0.05, 0.1) is 5.52 Å². The van der Waals surface area contributed by atoms with Crippen LogP contribution in [0.4, 0.5) is 0 Å². The quantitative estimate of drug-likeness (QED) is 0.549. The number of fused-ring (bicyclic) bond motifs is 3. The van der Waals surface area contributed by atoms with Crippen LogP contribution in [0, 0.1) is 0 Å². The van der Waals surface area contributed by atoms with Gasteiger partial charge in [0.15, 0.2) is 0 Å². The van der Waals surface area contributed by atoms with E-state index in [1.54, 1.807) is 0 Å². The summed E-state index contributed by atoms with van der Waals surface area (Å²) in [4.78, 5) is 7.52. The van der Waals surface area contributed by atoms with E-state index in [0.717, 1.165) is 11.0 Å². The summed E-state index contributed by atoms with van der Waals surface area (Å²) >= 11 is 0. The van der Waals surface area contributed by atoms with Crippen LogP contribution in [0.25, 0.3) is 21.8 Å². The summed E-state index contributed by atoms with van der Waals surface area (Å²) in [6.45, 7) is 0. The number of aromatic amines is 1. The molecule has 1 N–H and O–H groups in total. The van der Waals surface area contributed by atoms with E-state index in [0.29, 0.717) is 0 Å². The van der Waals surface area contributed by atoms with Crippen molar-refractivity contribution in [3.05, 3.63) is 42.7 Å². The van der Waals surface area contributed by atoms with Crippen LogP contribution in [-0.4, -0.2) is 9.97 Å². The minimum atomic E-state index is 1.08. The van der Waals surface area contributed by atoms with Crippen molar-refractivity contribution in [1.82, 2.24) is 9.97 Å². The molecule has 3 rings (SSSR count). The smallest absolute Gasteiger partial charge is 0.0795 e. The summed E-state index contributed by atoms with van der Waals surface area (Å²) in [5.74, 6) is 0. The number of nitrogens with zero attached hydrogens (tertiary/aromatic N) is 1. The molecule has 3 aromatic rings. The van der Waals surface area contributed by atoms with Gasteiger partial charge >= 0.3 is 0 Å². The molecular weight excluding hydrogens is 160 g/mol. The van der Waals surface area contributed by atoms with Crippen LogP contribution in [0.3, 0.4) is 0 Å². The molecule has 0 amide bonds. The molecular formula is C11H8N2. The molecule has 0 spiro atoms. The molecule has 0 aliphatic carbocycles. The van der Waals surface area contributed by atoms with Crippen LogP contribution in [-0.2, 0) is 0 Å². The number of nitrogens with one attached hydrogen (secondary N) is 1. The minimum Gasteiger partial charge on any atom is -0.361 e. The van der Waals surface area contributed by atoms with Gasteiger partial charge in [0, 0.05) is 28.7 Å². The third kappa shape index (κ3) is 0.855. The first-order chi connectivity index (χ1) is 6.45. The molecule has 0 bridgehead atoms. The van der Waals surface area contributed by atoms with Crippen molar-refractivity contribution < 1.29 is 0 Å². The molecule has 0 aliphatic heterocycles. The number of hydrogen-bond donors (Lipinski definition) is 1. The Hall–Kier alpha value is -1.83. The highest BCUT2D eigenvalue weighted by Crippen LogP contribution is 2.21. The van der Waals surface area contributed by atoms with E-state index in [2.05, 4.69) is 28.2 Å². The Morgan fingerprint density at radius 3 is 3.08 bits per heavy atom. The largest absolute Gasteiger partial charge is 0.361 e. The van der Waals surface area contributed by atoms with E-state index in [1.807, 2.05) is 24.5 Å². The Kier molecular flexibility index (Phi) is 1.19. The van der Waals surface area contributed by atoms with Gasteiger partial charge in [0.1, 0.15) is 0 Å². The molecule has 62 valence electrons. The zero-order chi connectivity index (χ0) is 8.67. The zero-order valence-electron chi connectivity index (χ0n) is 6.99. The monoisotopic (exact) mass is 168 g/mol. The summed E-state index contributed by atoms with van der Waals surface area (Å²) in [5, 5.41) is 2.39. The van der Waals surface area contributed by atoms with Crippen molar-refractivity contribution >= 4 is 21.8 Å². The predicted octanol–water partition coefficient (Wildman–Crippen LogP) is 2.72. The molecule has 0 aliphatic rings. The van der Waals surface area contributed by atoms with Gasteiger partial charge in [-0.15, -0.1) is 0 Å². The number of hydrogen-bond acceptors (Lipinski definition) is 1. The van der Waals surface area contributed by atoms with Crippen LogP contribution in [0.5, 0.6) is 0 Å². The van der Waals surface area contributed by atoms with E-state index in [9.17, 15) is 0 Å². The average Bonchev–Trinajstić information content (AvgIpc) is 2.65. The molecule has 2 heteroatoms. The van der Waals surface area contributed by atoms with Crippen molar-refractivity contribution in [2.24, 2.45) is 0 Å². The van der Waals surface area contributed by atoms with Crippen molar-refractivity contribution in [1.29, 1.82) is 0 Å². The normalized spacial score (nSPS) is 11.1. The van der Waals surface area contributed by atoms with Gasteiger partial charge in [-0.1, -0.05) is 6.07 Å². The number of rotatable bonds is 0. The molecule has 0 radical (unpaired) electrons. The Morgan fingerprint density at radius 2 is 2.08 bits per heavy atom. The predicted molar refractivity (Wildman–Crippen MR) is 53.6 cm³/mol. The molecule has 0 fully saturated rings. The van der Waals surface area contributed by atoms with E-state index >= 15 is 0 Å². The molecule has 2 nitrogen and oxygen atoms in total. The first-order valence-electron chi connectivity index (χ1n) is 4.26. The summed E-state index contributed by atoms with van der Waals surface area (Å²) in [6.07, 6.45) is 3.77. The second kappa shape index (κ2) is 2.33. The Labute approximate surface area is 75.2 Å². The van der Waals surface area contributed by atoms with Gasteiger partial charge < -0.3 is 4.98 Å². The van der Waals surface area contributed by atoms with Gasteiger partial charge in [0.2, 0.25) is 0 Å². The molecule has 2 heterocycles. The Balaban J connectivity index is 2.65. The van der Waals surface area contributed by atoms with Gasteiger partial charge in [-0.25, -0.2) is 0 Å². The average molecular weight is 168 g/mol. The fourth-order valence-corrected chi connectivity index (χ4v) is 1.67. The highest BCUT2D eigenvalue weighted by Gasteiger charge is 2.00. The van der Waals surface area contributed by atoms with Gasteiger partial charge in [-0.05, 0) is 24.3 Å². The third-order valence-corrected chi connectivity index (χ3v) is 2.30. The van der Waals surface area contributed by atoms with Gasteiger partial charge in [-0.2, -0.15) is 0 Å². The SMILES string of the molecule is c1c[nH]c2ccc3ccnc3c2c1. The number of aromatic nitrogens is 2. The lowest BCUT2D eigenvalue weighted by Crippen LogP contribution is -1.77. The molecule has 2 aromatic heterocycles. The van der Waals surface area contributed by atoms with E-state index < -0.39 is 0 Å². The van der Waals surface area contributed by atoms with Crippen LogP contribution >= 0.6 is 0 Å². The van der Waals surface area contributed by atoms with Gasteiger partial charge in [-0.3, -0.25) is 4.98 Å². The highest BCUT2D eigenvalue weighted by atomic mass is 14.7. The third-order valence-electron chi connectivity index (χ3n) is 2.30. The summed E-state index contributed by atoms with van der Waals surface area (Å²) < 4.78 is 0. The molecule has 0 unspecified atom stereocenters. The summed E-state index contributed by atoms with van der Waals surface area (Å²) in [5.41, 5.74) is 2.21. The molecule has 1 aromatic carbocycles. The maximum atomic E-state index is 4.33. The van der Waals surface area contributed by atoms with E-state index in [1.165, 1.54) is 10.8 Å². The van der Waals surface area contributed by atoms with Gasteiger partial charge in [0.25, 0.3) is 0 Å². The fourth-order valence-electron chi connectivity index (χ4n) is 1.67.